The Morgan fingerprint density at radius 1 is 1.53 bits per heavy atom. The second-order valence-corrected chi connectivity index (χ2v) is 2.67. The van der Waals surface area contributed by atoms with Gasteiger partial charge in [0.05, 0.1) is 11.5 Å². The standard InChI is InChI=1S/C9H9NO5/c11-3-4-15-9-5-7(6-12)1-2-8(9)10(13)14/h1-2,5-6,11H,3-4H2. The number of carbonyl (C=O) groups is 1. The van der Waals surface area contributed by atoms with E-state index in [2.05, 4.69) is 0 Å². The average Bonchev–Trinajstić information content (AvgIpc) is 2.25. The molecule has 0 aliphatic rings. The molecule has 1 aromatic rings. The minimum Gasteiger partial charge on any atom is -0.484 e. The fourth-order valence-electron chi connectivity index (χ4n) is 1.03. The summed E-state index contributed by atoms with van der Waals surface area (Å²) in [6.07, 6.45) is 0.565. The van der Waals surface area contributed by atoms with Crippen molar-refractivity contribution in [2.24, 2.45) is 0 Å². The maximum absolute atomic E-state index is 10.6. The number of carbonyl (C=O) groups excluding carboxylic acids is 1. The van der Waals surface area contributed by atoms with E-state index in [9.17, 15) is 14.9 Å². The molecule has 0 saturated carbocycles. The van der Waals surface area contributed by atoms with Gasteiger partial charge in [0.15, 0.2) is 5.75 Å². The van der Waals surface area contributed by atoms with E-state index in [1.807, 2.05) is 0 Å². The summed E-state index contributed by atoms with van der Waals surface area (Å²) >= 11 is 0. The summed E-state index contributed by atoms with van der Waals surface area (Å²) in [5, 5.41) is 19.1. The highest BCUT2D eigenvalue weighted by molar-refractivity contribution is 5.76. The number of rotatable bonds is 5. The minimum absolute atomic E-state index is 0.0151. The third-order valence-electron chi connectivity index (χ3n) is 1.67. The summed E-state index contributed by atoms with van der Waals surface area (Å²) in [6.45, 7) is -0.300. The first-order valence-corrected chi connectivity index (χ1v) is 4.16. The Morgan fingerprint density at radius 3 is 2.80 bits per heavy atom. The molecule has 0 atom stereocenters. The van der Waals surface area contributed by atoms with E-state index in [-0.39, 0.29) is 30.2 Å². The second kappa shape index (κ2) is 5.06. The molecule has 0 aliphatic heterocycles. The molecule has 0 bridgehead atoms. The first-order chi connectivity index (χ1) is 7.19. The summed E-state index contributed by atoms with van der Waals surface area (Å²) < 4.78 is 4.94. The van der Waals surface area contributed by atoms with Crippen LogP contribution in [0.15, 0.2) is 18.2 Å². The summed E-state index contributed by atoms with van der Waals surface area (Å²) in [6, 6.07) is 3.79. The molecular formula is C9H9NO5. The number of aldehydes is 1. The Balaban J connectivity index is 3.04. The fraction of sp³-hybridized carbons (Fsp3) is 0.222. The molecule has 1 rings (SSSR count). The molecule has 0 amide bonds. The van der Waals surface area contributed by atoms with Gasteiger partial charge in [0.2, 0.25) is 0 Å². The molecule has 0 fully saturated rings. The van der Waals surface area contributed by atoms with E-state index >= 15 is 0 Å². The van der Waals surface area contributed by atoms with E-state index in [0.717, 1.165) is 0 Å². The lowest BCUT2D eigenvalue weighted by atomic mass is 10.2. The smallest absolute Gasteiger partial charge is 0.310 e. The van der Waals surface area contributed by atoms with Gasteiger partial charge in [-0.2, -0.15) is 0 Å². The third kappa shape index (κ3) is 2.75. The number of nitro groups is 1. The number of aliphatic hydroxyl groups is 1. The number of nitrogens with zero attached hydrogens (tertiary/aromatic N) is 1. The molecule has 0 saturated heterocycles. The van der Waals surface area contributed by atoms with Crippen molar-refractivity contribution in [3.63, 3.8) is 0 Å². The zero-order valence-corrected chi connectivity index (χ0v) is 7.75. The van der Waals surface area contributed by atoms with Crippen LogP contribution in [-0.4, -0.2) is 29.5 Å². The predicted octanol–water partition coefficient (Wildman–Crippen LogP) is 0.778. The fourth-order valence-corrected chi connectivity index (χ4v) is 1.03. The van der Waals surface area contributed by atoms with Gasteiger partial charge in [-0.15, -0.1) is 0 Å². The van der Waals surface area contributed by atoms with Crippen LogP contribution in [0.5, 0.6) is 5.75 Å². The molecule has 6 nitrogen and oxygen atoms in total. The van der Waals surface area contributed by atoms with Crippen LogP contribution in [0.25, 0.3) is 0 Å². The first-order valence-electron chi connectivity index (χ1n) is 4.16. The normalized spacial score (nSPS) is 9.67. The highest BCUT2D eigenvalue weighted by Gasteiger charge is 2.15. The Bertz CT molecular complexity index is 377. The second-order valence-electron chi connectivity index (χ2n) is 2.67. The number of hydrogen-bond acceptors (Lipinski definition) is 5. The van der Waals surface area contributed by atoms with E-state index in [4.69, 9.17) is 9.84 Å². The molecule has 0 radical (unpaired) electrons. The zero-order chi connectivity index (χ0) is 11.3. The van der Waals surface area contributed by atoms with E-state index < -0.39 is 4.92 Å². The molecule has 0 spiro atoms. The van der Waals surface area contributed by atoms with Crippen LogP contribution in [0.3, 0.4) is 0 Å². The van der Waals surface area contributed by atoms with Crippen LogP contribution >= 0.6 is 0 Å². The lowest BCUT2D eigenvalue weighted by Crippen LogP contribution is -2.04. The molecule has 1 N–H and O–H groups in total. The van der Waals surface area contributed by atoms with Crippen LogP contribution in [0.2, 0.25) is 0 Å². The summed E-state index contributed by atoms with van der Waals surface area (Å²) in [4.78, 5) is 20.4. The van der Waals surface area contributed by atoms with Crippen LogP contribution in [0.4, 0.5) is 5.69 Å². The summed E-state index contributed by atoms with van der Waals surface area (Å²) in [7, 11) is 0. The molecule has 1 aromatic carbocycles. The number of nitro benzene ring substituents is 1. The van der Waals surface area contributed by atoms with Gasteiger partial charge in [0, 0.05) is 11.6 Å². The lowest BCUT2D eigenvalue weighted by molar-refractivity contribution is -0.385. The summed E-state index contributed by atoms with van der Waals surface area (Å²) in [5.41, 5.74) is 0.0580. The number of benzene rings is 1. The molecule has 0 aliphatic carbocycles. The number of ether oxygens (including phenoxy) is 1. The van der Waals surface area contributed by atoms with Gasteiger partial charge in [-0.3, -0.25) is 14.9 Å². The van der Waals surface area contributed by atoms with Gasteiger partial charge in [-0.1, -0.05) is 0 Å². The molecule has 80 valence electrons. The zero-order valence-electron chi connectivity index (χ0n) is 7.75. The van der Waals surface area contributed by atoms with Gasteiger partial charge in [0.1, 0.15) is 12.9 Å². The largest absolute Gasteiger partial charge is 0.484 e. The van der Waals surface area contributed by atoms with Crippen molar-refractivity contribution >= 4 is 12.0 Å². The number of hydrogen-bond donors (Lipinski definition) is 1. The molecule has 6 heteroatoms. The minimum atomic E-state index is -0.610. The van der Waals surface area contributed by atoms with Gasteiger partial charge in [0.25, 0.3) is 0 Å². The maximum atomic E-state index is 10.6. The van der Waals surface area contributed by atoms with Gasteiger partial charge in [-0.25, -0.2) is 0 Å². The van der Waals surface area contributed by atoms with Crippen molar-refractivity contribution in [3.05, 3.63) is 33.9 Å². The third-order valence-corrected chi connectivity index (χ3v) is 1.67. The van der Waals surface area contributed by atoms with E-state index in [1.165, 1.54) is 18.2 Å². The topological polar surface area (TPSA) is 89.7 Å². The van der Waals surface area contributed by atoms with E-state index in [0.29, 0.717) is 6.29 Å². The van der Waals surface area contributed by atoms with Crippen LogP contribution < -0.4 is 4.74 Å². The average molecular weight is 211 g/mol. The lowest BCUT2D eigenvalue weighted by Gasteiger charge is -2.04. The van der Waals surface area contributed by atoms with Crippen molar-refractivity contribution in [2.45, 2.75) is 0 Å². The van der Waals surface area contributed by atoms with Crippen molar-refractivity contribution in [1.29, 1.82) is 0 Å². The highest BCUT2D eigenvalue weighted by Crippen LogP contribution is 2.27. The summed E-state index contributed by atoms with van der Waals surface area (Å²) in [5.74, 6) is -0.0151. The molecule has 15 heavy (non-hydrogen) atoms. The quantitative estimate of drug-likeness (QED) is 0.441. The molecule has 0 aromatic heterocycles. The molecule has 0 heterocycles. The predicted molar refractivity (Wildman–Crippen MR) is 51.1 cm³/mol. The Morgan fingerprint density at radius 2 is 2.27 bits per heavy atom. The van der Waals surface area contributed by atoms with Gasteiger partial charge >= 0.3 is 5.69 Å². The maximum Gasteiger partial charge on any atom is 0.310 e. The van der Waals surface area contributed by atoms with Crippen LogP contribution in [0, 0.1) is 10.1 Å². The van der Waals surface area contributed by atoms with Crippen molar-refractivity contribution in [2.75, 3.05) is 13.2 Å². The number of aliphatic hydroxyl groups excluding tert-OH is 1. The van der Waals surface area contributed by atoms with Crippen molar-refractivity contribution in [1.82, 2.24) is 0 Å². The van der Waals surface area contributed by atoms with Crippen LogP contribution in [-0.2, 0) is 0 Å². The Labute approximate surface area is 85.2 Å². The molecular weight excluding hydrogens is 202 g/mol. The highest BCUT2D eigenvalue weighted by atomic mass is 16.6. The van der Waals surface area contributed by atoms with E-state index in [1.54, 1.807) is 0 Å². The van der Waals surface area contributed by atoms with Crippen LogP contribution in [0.1, 0.15) is 10.4 Å². The van der Waals surface area contributed by atoms with Gasteiger partial charge in [-0.05, 0) is 12.1 Å². The van der Waals surface area contributed by atoms with Crippen molar-refractivity contribution < 1.29 is 19.6 Å². The Hall–Kier alpha value is -1.95. The Kier molecular flexibility index (Phi) is 3.75. The van der Waals surface area contributed by atoms with Gasteiger partial charge < -0.3 is 9.84 Å². The SMILES string of the molecule is O=Cc1ccc([N+](=O)[O-])c(OCCO)c1. The monoisotopic (exact) mass is 211 g/mol. The van der Waals surface area contributed by atoms with Crippen molar-refractivity contribution in [3.8, 4) is 5.75 Å². The first kappa shape index (κ1) is 11.1. The molecule has 0 unspecified atom stereocenters.